The van der Waals surface area contributed by atoms with E-state index in [0.717, 1.165) is 14.0 Å². The van der Waals surface area contributed by atoms with E-state index in [0.29, 0.717) is 12.1 Å². The predicted molar refractivity (Wildman–Crippen MR) is 57.4 cm³/mol. The van der Waals surface area contributed by atoms with Crippen molar-refractivity contribution < 1.29 is 27.8 Å². The molecule has 0 bridgehead atoms. The molecule has 4 nitrogen and oxygen atoms in total. The van der Waals surface area contributed by atoms with Crippen LogP contribution in [0.15, 0.2) is 12.1 Å². The fourth-order valence-corrected chi connectivity index (χ4v) is 1.24. The highest BCUT2D eigenvalue weighted by atomic mass is 19.2. The zero-order valence-electron chi connectivity index (χ0n) is 9.76. The summed E-state index contributed by atoms with van der Waals surface area (Å²) in [6, 6.07) is 1.10. The molecule has 7 heteroatoms. The first-order chi connectivity index (χ1) is 8.27. The highest BCUT2D eigenvalue weighted by Crippen LogP contribution is 2.20. The van der Waals surface area contributed by atoms with Crippen molar-refractivity contribution in [3.63, 3.8) is 0 Å². The van der Waals surface area contributed by atoms with Gasteiger partial charge in [0, 0.05) is 12.1 Å². The number of benzene rings is 1. The van der Waals surface area contributed by atoms with Crippen LogP contribution in [0.3, 0.4) is 0 Å². The molecule has 0 radical (unpaired) electrons. The Labute approximate surface area is 101 Å². The Balaban J connectivity index is 2.84. The lowest BCUT2D eigenvalue weighted by atomic mass is 10.1. The quantitative estimate of drug-likeness (QED) is 0.637. The fraction of sp³-hybridized carbons (Fsp3) is 0.364. The average molecular weight is 263 g/mol. The Morgan fingerprint density at radius 2 is 2.06 bits per heavy atom. The van der Waals surface area contributed by atoms with E-state index in [1.807, 2.05) is 0 Å². The molecule has 0 aromatic heterocycles. The third-order valence-corrected chi connectivity index (χ3v) is 2.24. The number of esters is 1. The molecule has 0 fully saturated rings. The highest BCUT2D eigenvalue weighted by molar-refractivity contribution is 5.79. The maximum atomic E-state index is 13.2. The third-order valence-electron chi connectivity index (χ3n) is 2.24. The van der Waals surface area contributed by atoms with E-state index in [-0.39, 0.29) is 0 Å². The number of aliphatic hydroxyl groups is 1. The molecule has 0 spiro atoms. The first-order valence-corrected chi connectivity index (χ1v) is 4.97. The normalized spacial score (nSPS) is 13.9. The number of halogens is 3. The SMILES string of the molecule is COC(=O)C(C)(O)CNc1cc(F)cc(F)c1F. The van der Waals surface area contributed by atoms with Crippen LogP contribution in [0.2, 0.25) is 0 Å². The van der Waals surface area contributed by atoms with E-state index in [1.165, 1.54) is 0 Å². The second kappa shape index (κ2) is 5.26. The summed E-state index contributed by atoms with van der Waals surface area (Å²) in [5, 5.41) is 11.9. The molecule has 1 aromatic carbocycles. The average Bonchev–Trinajstić information content (AvgIpc) is 2.30. The molecule has 1 atom stereocenters. The smallest absolute Gasteiger partial charge is 0.339 e. The highest BCUT2D eigenvalue weighted by Gasteiger charge is 2.31. The zero-order valence-corrected chi connectivity index (χ0v) is 9.76. The summed E-state index contributed by atoms with van der Waals surface area (Å²) in [6.07, 6.45) is 0. The molecule has 0 saturated heterocycles. The van der Waals surface area contributed by atoms with Gasteiger partial charge >= 0.3 is 5.97 Å². The lowest BCUT2D eigenvalue weighted by molar-refractivity contribution is -0.158. The standard InChI is InChI=1S/C11H12F3NO3/c1-11(17,10(16)18-2)5-15-8-4-6(12)3-7(13)9(8)14/h3-4,15,17H,5H2,1-2H3. The Hall–Kier alpha value is -1.76. The van der Waals surface area contributed by atoms with E-state index in [4.69, 9.17) is 0 Å². The summed E-state index contributed by atoms with van der Waals surface area (Å²) in [7, 11) is 1.07. The van der Waals surface area contributed by atoms with Crippen molar-refractivity contribution in [2.75, 3.05) is 19.0 Å². The van der Waals surface area contributed by atoms with Crippen LogP contribution in [0.1, 0.15) is 6.92 Å². The number of carbonyl (C=O) groups excluding carboxylic acids is 1. The van der Waals surface area contributed by atoms with Gasteiger partial charge in [0.1, 0.15) is 5.82 Å². The second-order valence-electron chi connectivity index (χ2n) is 3.87. The number of methoxy groups -OCH3 is 1. The maximum Gasteiger partial charge on any atom is 0.339 e. The molecule has 1 unspecified atom stereocenters. The summed E-state index contributed by atoms with van der Waals surface area (Å²) >= 11 is 0. The molecular weight excluding hydrogens is 251 g/mol. The van der Waals surface area contributed by atoms with E-state index < -0.39 is 41.3 Å². The Kier molecular flexibility index (Phi) is 4.18. The molecule has 2 N–H and O–H groups in total. The summed E-state index contributed by atoms with van der Waals surface area (Å²) < 4.78 is 43.3. The van der Waals surface area contributed by atoms with Crippen LogP contribution in [0.5, 0.6) is 0 Å². The number of hydrogen-bond acceptors (Lipinski definition) is 4. The number of hydrogen-bond donors (Lipinski definition) is 2. The van der Waals surface area contributed by atoms with Crippen LogP contribution in [0.25, 0.3) is 0 Å². The van der Waals surface area contributed by atoms with E-state index in [9.17, 15) is 23.1 Å². The summed E-state index contributed by atoms with van der Waals surface area (Å²) in [5.41, 5.74) is -2.43. The number of ether oxygens (including phenoxy) is 1. The molecule has 0 heterocycles. The van der Waals surface area contributed by atoms with Gasteiger partial charge in [-0.05, 0) is 6.92 Å². The molecule has 100 valence electrons. The van der Waals surface area contributed by atoms with Gasteiger partial charge in [-0.25, -0.2) is 18.0 Å². The first-order valence-electron chi connectivity index (χ1n) is 4.97. The van der Waals surface area contributed by atoms with Crippen molar-refractivity contribution in [2.45, 2.75) is 12.5 Å². The van der Waals surface area contributed by atoms with Crippen LogP contribution in [-0.4, -0.2) is 30.3 Å². The minimum atomic E-state index is -1.94. The minimum absolute atomic E-state index is 0.388. The molecule has 1 rings (SSSR count). The van der Waals surface area contributed by atoms with Crippen molar-refractivity contribution in [3.05, 3.63) is 29.6 Å². The molecule has 18 heavy (non-hydrogen) atoms. The van der Waals surface area contributed by atoms with Gasteiger partial charge in [0.15, 0.2) is 17.2 Å². The van der Waals surface area contributed by atoms with E-state index in [1.54, 1.807) is 0 Å². The predicted octanol–water partition coefficient (Wildman–Crippen LogP) is 1.44. The largest absolute Gasteiger partial charge is 0.467 e. The van der Waals surface area contributed by atoms with Gasteiger partial charge in [-0.1, -0.05) is 0 Å². The lowest BCUT2D eigenvalue weighted by Gasteiger charge is -2.21. The Bertz CT molecular complexity index is 463. The first kappa shape index (κ1) is 14.3. The number of anilines is 1. The van der Waals surface area contributed by atoms with Gasteiger partial charge in [0.25, 0.3) is 0 Å². The van der Waals surface area contributed by atoms with Crippen molar-refractivity contribution in [2.24, 2.45) is 0 Å². The Morgan fingerprint density at radius 1 is 1.44 bits per heavy atom. The molecule has 0 amide bonds. The molecule has 1 aromatic rings. The molecular formula is C11H12F3NO3. The van der Waals surface area contributed by atoms with Gasteiger partial charge in [0.05, 0.1) is 19.3 Å². The number of nitrogens with one attached hydrogen (secondary N) is 1. The second-order valence-corrected chi connectivity index (χ2v) is 3.87. The Morgan fingerprint density at radius 3 is 2.61 bits per heavy atom. The third kappa shape index (κ3) is 3.13. The summed E-state index contributed by atoms with van der Waals surface area (Å²) in [5.74, 6) is -4.59. The molecule has 0 aliphatic carbocycles. The fourth-order valence-electron chi connectivity index (χ4n) is 1.24. The zero-order chi connectivity index (χ0) is 13.9. The summed E-state index contributed by atoms with van der Waals surface area (Å²) in [4.78, 5) is 11.1. The van der Waals surface area contributed by atoms with E-state index in [2.05, 4.69) is 10.1 Å². The van der Waals surface area contributed by atoms with Crippen LogP contribution in [0.4, 0.5) is 18.9 Å². The topological polar surface area (TPSA) is 58.6 Å². The van der Waals surface area contributed by atoms with Crippen molar-refractivity contribution in [1.82, 2.24) is 0 Å². The van der Waals surface area contributed by atoms with Gasteiger partial charge < -0.3 is 15.2 Å². The van der Waals surface area contributed by atoms with Crippen LogP contribution >= 0.6 is 0 Å². The van der Waals surface area contributed by atoms with Gasteiger partial charge in [-0.15, -0.1) is 0 Å². The number of rotatable bonds is 4. The van der Waals surface area contributed by atoms with Crippen molar-refractivity contribution in [3.8, 4) is 0 Å². The van der Waals surface area contributed by atoms with Gasteiger partial charge in [-0.3, -0.25) is 0 Å². The van der Waals surface area contributed by atoms with Crippen molar-refractivity contribution in [1.29, 1.82) is 0 Å². The van der Waals surface area contributed by atoms with Gasteiger partial charge in [0.2, 0.25) is 0 Å². The maximum absolute atomic E-state index is 13.2. The van der Waals surface area contributed by atoms with Crippen LogP contribution in [-0.2, 0) is 9.53 Å². The molecule has 0 aliphatic rings. The van der Waals surface area contributed by atoms with Crippen LogP contribution < -0.4 is 5.32 Å². The minimum Gasteiger partial charge on any atom is -0.467 e. The van der Waals surface area contributed by atoms with E-state index >= 15 is 0 Å². The monoisotopic (exact) mass is 263 g/mol. The number of carbonyl (C=O) groups is 1. The molecule has 0 aliphatic heterocycles. The molecule has 0 saturated carbocycles. The van der Waals surface area contributed by atoms with Gasteiger partial charge in [-0.2, -0.15) is 0 Å². The summed E-state index contributed by atoms with van der Waals surface area (Å²) in [6.45, 7) is 0.666. The van der Waals surface area contributed by atoms with Crippen LogP contribution in [0, 0.1) is 17.5 Å². The van der Waals surface area contributed by atoms with Crippen molar-refractivity contribution >= 4 is 11.7 Å². The lowest BCUT2D eigenvalue weighted by Crippen LogP contribution is -2.43.